The predicted molar refractivity (Wildman–Crippen MR) is 67.9 cm³/mol. The molecule has 0 aromatic heterocycles. The first-order chi connectivity index (χ1) is 8.17. The van der Waals surface area contributed by atoms with Crippen LogP contribution in [-0.4, -0.2) is 21.3 Å². The maximum absolute atomic E-state index is 6.15. The van der Waals surface area contributed by atoms with Gasteiger partial charge in [-0.3, -0.25) is 0 Å². The first kappa shape index (κ1) is 13.6. The van der Waals surface area contributed by atoms with Crippen molar-refractivity contribution in [3.8, 4) is 17.2 Å². The molecule has 0 fully saturated rings. The summed E-state index contributed by atoms with van der Waals surface area (Å²) in [5.74, 6) is 2.12. The minimum absolute atomic E-state index is 0.0872. The molecule has 1 aromatic rings. The van der Waals surface area contributed by atoms with E-state index >= 15 is 0 Å². The van der Waals surface area contributed by atoms with Gasteiger partial charge in [0, 0.05) is 18.2 Å². The van der Waals surface area contributed by atoms with Gasteiger partial charge in [-0.05, 0) is 6.42 Å². The molecular formula is C13H21NO3. The molecule has 0 aliphatic rings. The minimum atomic E-state index is -0.0872. The Morgan fingerprint density at radius 2 is 1.59 bits per heavy atom. The van der Waals surface area contributed by atoms with Crippen molar-refractivity contribution in [2.24, 2.45) is 5.73 Å². The van der Waals surface area contributed by atoms with Gasteiger partial charge in [-0.25, -0.2) is 0 Å². The summed E-state index contributed by atoms with van der Waals surface area (Å²) < 4.78 is 15.9. The number of hydrogen-bond acceptors (Lipinski definition) is 4. The van der Waals surface area contributed by atoms with E-state index in [1.807, 2.05) is 12.1 Å². The maximum atomic E-state index is 6.15. The molecule has 96 valence electrons. The summed E-state index contributed by atoms with van der Waals surface area (Å²) in [6.45, 7) is 2.10. The standard InChI is InChI=1S/C13H21NO3/c1-5-6-10(14)13-11(16-3)7-9(15-2)8-12(13)17-4/h7-8,10H,5-6,14H2,1-4H3. The normalized spacial score (nSPS) is 12.1. The van der Waals surface area contributed by atoms with E-state index in [4.69, 9.17) is 19.9 Å². The number of hydrogen-bond donors (Lipinski definition) is 1. The summed E-state index contributed by atoms with van der Waals surface area (Å²) >= 11 is 0. The van der Waals surface area contributed by atoms with E-state index in [1.165, 1.54) is 0 Å². The smallest absolute Gasteiger partial charge is 0.131 e. The molecule has 1 aromatic carbocycles. The molecular weight excluding hydrogens is 218 g/mol. The SMILES string of the molecule is CCCC(N)c1c(OC)cc(OC)cc1OC. The molecule has 0 radical (unpaired) electrons. The maximum Gasteiger partial charge on any atom is 0.131 e. The van der Waals surface area contributed by atoms with Crippen molar-refractivity contribution in [1.82, 2.24) is 0 Å². The van der Waals surface area contributed by atoms with Crippen LogP contribution in [0.4, 0.5) is 0 Å². The van der Waals surface area contributed by atoms with Crippen LogP contribution in [0, 0.1) is 0 Å². The van der Waals surface area contributed by atoms with Gasteiger partial charge in [-0.2, -0.15) is 0 Å². The molecule has 0 saturated carbocycles. The fourth-order valence-corrected chi connectivity index (χ4v) is 1.85. The fourth-order valence-electron chi connectivity index (χ4n) is 1.85. The predicted octanol–water partition coefficient (Wildman–Crippen LogP) is 2.51. The number of ether oxygens (including phenoxy) is 3. The van der Waals surface area contributed by atoms with E-state index in [1.54, 1.807) is 21.3 Å². The van der Waals surface area contributed by atoms with E-state index in [-0.39, 0.29) is 6.04 Å². The summed E-state index contributed by atoms with van der Waals surface area (Å²) in [5.41, 5.74) is 7.05. The van der Waals surface area contributed by atoms with Gasteiger partial charge >= 0.3 is 0 Å². The van der Waals surface area contributed by atoms with Crippen molar-refractivity contribution in [1.29, 1.82) is 0 Å². The van der Waals surface area contributed by atoms with E-state index in [9.17, 15) is 0 Å². The lowest BCUT2D eigenvalue weighted by Crippen LogP contribution is -2.13. The van der Waals surface area contributed by atoms with E-state index in [2.05, 4.69) is 6.92 Å². The highest BCUT2D eigenvalue weighted by atomic mass is 16.5. The zero-order valence-electron chi connectivity index (χ0n) is 10.9. The largest absolute Gasteiger partial charge is 0.496 e. The second-order valence-electron chi connectivity index (χ2n) is 3.84. The second-order valence-corrected chi connectivity index (χ2v) is 3.84. The number of rotatable bonds is 6. The van der Waals surface area contributed by atoms with Gasteiger partial charge in [0.25, 0.3) is 0 Å². The molecule has 4 heteroatoms. The van der Waals surface area contributed by atoms with Crippen LogP contribution < -0.4 is 19.9 Å². The summed E-state index contributed by atoms with van der Waals surface area (Å²) in [4.78, 5) is 0. The van der Waals surface area contributed by atoms with Crippen LogP contribution >= 0.6 is 0 Å². The molecule has 0 heterocycles. The van der Waals surface area contributed by atoms with Crippen molar-refractivity contribution >= 4 is 0 Å². The lowest BCUT2D eigenvalue weighted by molar-refractivity contribution is 0.362. The van der Waals surface area contributed by atoms with Crippen molar-refractivity contribution in [2.45, 2.75) is 25.8 Å². The molecule has 1 unspecified atom stereocenters. The van der Waals surface area contributed by atoms with Crippen LogP contribution in [0.15, 0.2) is 12.1 Å². The van der Waals surface area contributed by atoms with Gasteiger partial charge in [-0.1, -0.05) is 13.3 Å². The minimum Gasteiger partial charge on any atom is -0.496 e. The molecule has 0 bridgehead atoms. The quantitative estimate of drug-likeness (QED) is 0.828. The van der Waals surface area contributed by atoms with E-state index in [0.717, 1.165) is 18.4 Å². The average molecular weight is 239 g/mol. The van der Waals surface area contributed by atoms with Crippen molar-refractivity contribution in [3.05, 3.63) is 17.7 Å². The highest BCUT2D eigenvalue weighted by molar-refractivity contribution is 5.52. The highest BCUT2D eigenvalue weighted by Crippen LogP contribution is 2.38. The third-order valence-electron chi connectivity index (χ3n) is 2.72. The molecule has 4 nitrogen and oxygen atoms in total. The first-order valence-corrected chi connectivity index (χ1v) is 5.73. The van der Waals surface area contributed by atoms with Gasteiger partial charge < -0.3 is 19.9 Å². The zero-order valence-corrected chi connectivity index (χ0v) is 10.9. The second kappa shape index (κ2) is 6.35. The molecule has 0 saturated heterocycles. The monoisotopic (exact) mass is 239 g/mol. The highest BCUT2D eigenvalue weighted by Gasteiger charge is 2.18. The Morgan fingerprint density at radius 3 is 1.94 bits per heavy atom. The third kappa shape index (κ3) is 3.03. The molecule has 1 atom stereocenters. The van der Waals surface area contributed by atoms with Crippen LogP contribution in [0.1, 0.15) is 31.4 Å². The van der Waals surface area contributed by atoms with Gasteiger partial charge in [0.1, 0.15) is 17.2 Å². The number of benzene rings is 1. The Balaban J connectivity index is 3.23. The average Bonchev–Trinajstić information content (AvgIpc) is 2.37. The van der Waals surface area contributed by atoms with Gasteiger partial charge in [0.05, 0.1) is 26.9 Å². The van der Waals surface area contributed by atoms with E-state index in [0.29, 0.717) is 17.2 Å². The van der Waals surface area contributed by atoms with Crippen molar-refractivity contribution < 1.29 is 14.2 Å². The lowest BCUT2D eigenvalue weighted by Gasteiger charge is -2.19. The van der Waals surface area contributed by atoms with Crippen LogP contribution in [-0.2, 0) is 0 Å². The van der Waals surface area contributed by atoms with Crippen LogP contribution in [0.2, 0.25) is 0 Å². The Labute approximate surface area is 103 Å². The zero-order chi connectivity index (χ0) is 12.8. The molecule has 0 aliphatic heterocycles. The van der Waals surface area contributed by atoms with Crippen LogP contribution in [0.25, 0.3) is 0 Å². The molecule has 0 spiro atoms. The van der Waals surface area contributed by atoms with Crippen LogP contribution in [0.5, 0.6) is 17.2 Å². The molecule has 0 aliphatic carbocycles. The van der Waals surface area contributed by atoms with E-state index < -0.39 is 0 Å². The number of nitrogens with two attached hydrogens (primary N) is 1. The summed E-state index contributed by atoms with van der Waals surface area (Å²) in [7, 11) is 4.85. The molecule has 2 N–H and O–H groups in total. The Morgan fingerprint density at radius 1 is 1.06 bits per heavy atom. The van der Waals surface area contributed by atoms with Gasteiger partial charge in [0.2, 0.25) is 0 Å². The summed E-state index contributed by atoms with van der Waals surface area (Å²) in [5, 5.41) is 0. The van der Waals surface area contributed by atoms with Gasteiger partial charge in [0.15, 0.2) is 0 Å². The topological polar surface area (TPSA) is 53.7 Å². The Hall–Kier alpha value is -1.42. The fraction of sp³-hybridized carbons (Fsp3) is 0.538. The molecule has 17 heavy (non-hydrogen) atoms. The van der Waals surface area contributed by atoms with Crippen LogP contribution in [0.3, 0.4) is 0 Å². The Kier molecular flexibility index (Phi) is 5.10. The third-order valence-corrected chi connectivity index (χ3v) is 2.72. The van der Waals surface area contributed by atoms with Crippen molar-refractivity contribution in [3.63, 3.8) is 0 Å². The first-order valence-electron chi connectivity index (χ1n) is 5.73. The summed E-state index contributed by atoms with van der Waals surface area (Å²) in [6.07, 6.45) is 1.90. The molecule has 1 rings (SSSR count). The summed E-state index contributed by atoms with van der Waals surface area (Å²) in [6, 6.07) is 3.57. The Bertz CT molecular complexity index is 341. The van der Waals surface area contributed by atoms with Gasteiger partial charge in [-0.15, -0.1) is 0 Å². The molecule has 0 amide bonds. The lowest BCUT2D eigenvalue weighted by atomic mass is 10.0. The number of methoxy groups -OCH3 is 3. The van der Waals surface area contributed by atoms with Crippen molar-refractivity contribution in [2.75, 3.05) is 21.3 Å².